The van der Waals surface area contributed by atoms with Crippen LogP contribution in [0.5, 0.6) is 5.75 Å². The molecular weight excluding hydrogens is 276 g/mol. The summed E-state index contributed by atoms with van der Waals surface area (Å²) in [6, 6.07) is 3.55. The van der Waals surface area contributed by atoms with E-state index in [1.54, 1.807) is 24.5 Å². The van der Waals surface area contributed by atoms with E-state index in [9.17, 15) is 0 Å². The second kappa shape index (κ2) is 5.79. The maximum atomic E-state index is 6.07. The van der Waals surface area contributed by atoms with Gasteiger partial charge in [-0.3, -0.25) is 0 Å². The molecule has 0 saturated heterocycles. The molecule has 5 nitrogen and oxygen atoms in total. The van der Waals surface area contributed by atoms with Crippen LogP contribution in [0.25, 0.3) is 16.4 Å². The first kappa shape index (κ1) is 14.1. The molecule has 0 spiro atoms. The third-order valence-corrected chi connectivity index (χ3v) is 3.13. The average Bonchev–Trinajstić information content (AvgIpc) is 2.47. The molecule has 0 atom stereocenters. The third-order valence-electron chi connectivity index (χ3n) is 2.80. The zero-order valence-electron chi connectivity index (χ0n) is 11.2. The molecule has 0 bridgehead atoms. The van der Waals surface area contributed by atoms with Crippen molar-refractivity contribution < 1.29 is 4.74 Å². The van der Waals surface area contributed by atoms with Crippen LogP contribution in [0.4, 0.5) is 5.69 Å². The zero-order chi connectivity index (χ0) is 14.7. The van der Waals surface area contributed by atoms with Crippen molar-refractivity contribution >= 4 is 22.3 Å². The largest absolute Gasteiger partial charge is 0.495 e. The van der Waals surface area contributed by atoms with E-state index in [2.05, 4.69) is 9.97 Å². The van der Waals surface area contributed by atoms with Crippen LogP contribution < -0.4 is 16.2 Å². The predicted molar refractivity (Wildman–Crippen MR) is 81.2 cm³/mol. The monoisotopic (exact) mass is 290 g/mol. The van der Waals surface area contributed by atoms with Gasteiger partial charge in [0, 0.05) is 29.7 Å². The van der Waals surface area contributed by atoms with Crippen LogP contribution in [0.1, 0.15) is 11.1 Å². The second-order valence-electron chi connectivity index (χ2n) is 4.24. The Labute approximate surface area is 122 Å². The molecule has 1 aromatic carbocycles. The van der Waals surface area contributed by atoms with Crippen molar-refractivity contribution in [2.45, 2.75) is 6.92 Å². The second-order valence-corrected chi connectivity index (χ2v) is 4.65. The number of nitrogens with zero attached hydrogens (tertiary/aromatic N) is 2. The fourth-order valence-corrected chi connectivity index (χ4v) is 1.91. The molecule has 0 aliphatic rings. The van der Waals surface area contributed by atoms with E-state index >= 15 is 0 Å². The summed E-state index contributed by atoms with van der Waals surface area (Å²) in [5, 5.41) is 0.342. The van der Waals surface area contributed by atoms with Gasteiger partial charge in [-0.05, 0) is 24.6 Å². The van der Waals surface area contributed by atoms with Gasteiger partial charge in [0.25, 0.3) is 0 Å². The molecule has 0 radical (unpaired) electrons. The fourth-order valence-electron chi connectivity index (χ4n) is 1.75. The van der Waals surface area contributed by atoms with Crippen LogP contribution in [-0.2, 0) is 0 Å². The van der Waals surface area contributed by atoms with Gasteiger partial charge in [-0.1, -0.05) is 11.6 Å². The summed E-state index contributed by atoms with van der Waals surface area (Å²) < 4.78 is 5.26. The first-order valence-electron chi connectivity index (χ1n) is 5.91. The van der Waals surface area contributed by atoms with Crippen molar-refractivity contribution in [1.29, 1.82) is 0 Å². The summed E-state index contributed by atoms with van der Waals surface area (Å²) in [6.45, 7) is 1.92. The Morgan fingerprint density at radius 1 is 1.30 bits per heavy atom. The van der Waals surface area contributed by atoms with Crippen LogP contribution in [0.2, 0.25) is 0 Å². The first-order valence-corrected chi connectivity index (χ1v) is 6.29. The minimum absolute atomic E-state index is 0.342. The summed E-state index contributed by atoms with van der Waals surface area (Å²) in [5.74, 6) is 1.07. The lowest BCUT2D eigenvalue weighted by Gasteiger charge is -2.12. The summed E-state index contributed by atoms with van der Waals surface area (Å²) >= 11 is 6.07. The van der Waals surface area contributed by atoms with Gasteiger partial charge in [0.05, 0.1) is 17.8 Å². The van der Waals surface area contributed by atoms with E-state index in [1.165, 1.54) is 13.3 Å². The Kier molecular flexibility index (Phi) is 4.10. The van der Waals surface area contributed by atoms with Crippen LogP contribution in [0.15, 0.2) is 30.7 Å². The Morgan fingerprint density at radius 2 is 1.95 bits per heavy atom. The van der Waals surface area contributed by atoms with E-state index in [0.29, 0.717) is 27.9 Å². The minimum atomic E-state index is 0.342. The zero-order valence-corrected chi connectivity index (χ0v) is 12.0. The molecule has 0 saturated carbocycles. The number of hydrogen-bond acceptors (Lipinski definition) is 5. The van der Waals surface area contributed by atoms with Gasteiger partial charge < -0.3 is 16.2 Å². The highest BCUT2D eigenvalue weighted by molar-refractivity contribution is 6.49. The maximum Gasteiger partial charge on any atom is 0.159 e. The number of aromatic nitrogens is 2. The Hall–Kier alpha value is -2.27. The quantitative estimate of drug-likeness (QED) is 0.848. The topological polar surface area (TPSA) is 87.0 Å². The number of benzene rings is 1. The van der Waals surface area contributed by atoms with Gasteiger partial charge in [-0.15, -0.1) is 0 Å². The molecule has 0 unspecified atom stereocenters. The normalized spacial score (nSPS) is 11.4. The number of nitrogen functional groups attached to an aromatic ring is 1. The Bertz CT molecular complexity index is 653. The Balaban J connectivity index is 2.62. The summed E-state index contributed by atoms with van der Waals surface area (Å²) in [6.07, 6.45) is 4.77. The highest BCUT2D eigenvalue weighted by atomic mass is 35.5. The van der Waals surface area contributed by atoms with Gasteiger partial charge in [-0.2, -0.15) is 0 Å². The molecule has 6 heteroatoms. The molecule has 2 aromatic rings. The van der Waals surface area contributed by atoms with E-state index in [-0.39, 0.29) is 0 Å². The number of halogens is 1. The lowest BCUT2D eigenvalue weighted by molar-refractivity contribution is 0.417. The molecule has 0 fully saturated rings. The van der Waals surface area contributed by atoms with Crippen LogP contribution in [0, 0.1) is 6.92 Å². The van der Waals surface area contributed by atoms with Gasteiger partial charge in [-0.25, -0.2) is 9.97 Å². The molecule has 1 heterocycles. The predicted octanol–water partition coefficient (Wildman–Crippen LogP) is 2.54. The van der Waals surface area contributed by atoms with E-state index in [0.717, 1.165) is 11.1 Å². The van der Waals surface area contributed by atoms with Gasteiger partial charge >= 0.3 is 0 Å². The highest BCUT2D eigenvalue weighted by Crippen LogP contribution is 2.35. The van der Waals surface area contributed by atoms with E-state index in [4.69, 9.17) is 27.8 Å². The number of nitrogens with two attached hydrogens (primary N) is 2. The molecule has 0 amide bonds. The Morgan fingerprint density at radius 3 is 2.50 bits per heavy atom. The molecule has 104 valence electrons. The lowest BCUT2D eigenvalue weighted by atomic mass is 10.1. The minimum Gasteiger partial charge on any atom is -0.495 e. The highest BCUT2D eigenvalue weighted by Gasteiger charge is 2.13. The molecule has 0 aliphatic carbocycles. The van der Waals surface area contributed by atoms with E-state index < -0.39 is 0 Å². The summed E-state index contributed by atoms with van der Waals surface area (Å²) in [4.78, 5) is 8.56. The van der Waals surface area contributed by atoms with E-state index in [1.807, 2.05) is 6.92 Å². The van der Waals surface area contributed by atoms with Crippen molar-refractivity contribution in [2.75, 3.05) is 12.8 Å². The number of methoxy groups -OCH3 is 1. The number of rotatable bonds is 3. The smallest absolute Gasteiger partial charge is 0.159 e. The van der Waals surface area contributed by atoms with Crippen molar-refractivity contribution in [3.63, 3.8) is 0 Å². The van der Waals surface area contributed by atoms with Crippen molar-refractivity contribution in [3.8, 4) is 17.1 Å². The molecule has 1 aromatic heterocycles. The number of ether oxygens (including phenoxy) is 1. The molecule has 4 N–H and O–H groups in total. The van der Waals surface area contributed by atoms with Gasteiger partial charge in [0.15, 0.2) is 5.82 Å². The van der Waals surface area contributed by atoms with Crippen LogP contribution in [-0.4, -0.2) is 17.1 Å². The third kappa shape index (κ3) is 2.67. The van der Waals surface area contributed by atoms with Crippen molar-refractivity contribution in [3.05, 3.63) is 41.9 Å². The molecule has 0 aliphatic heterocycles. The first-order chi connectivity index (χ1) is 9.56. The summed E-state index contributed by atoms with van der Waals surface area (Å²) in [7, 11) is 1.54. The van der Waals surface area contributed by atoms with Gasteiger partial charge in [0.2, 0.25) is 0 Å². The average molecular weight is 291 g/mol. The van der Waals surface area contributed by atoms with Gasteiger partial charge in [0.1, 0.15) is 5.75 Å². The van der Waals surface area contributed by atoms with Crippen LogP contribution >= 0.6 is 11.6 Å². The SMILES string of the molecule is COc1cc(-c2ncc(C)cn2)cc(/C(Cl)=C\N)c1N. The number of anilines is 1. The van der Waals surface area contributed by atoms with Crippen molar-refractivity contribution in [1.82, 2.24) is 9.97 Å². The standard InChI is InChI=1S/C14H15ClN4O/c1-8-6-18-14(19-7-8)9-3-10(11(15)5-16)13(17)12(4-9)20-2/h3-7H,16-17H2,1-2H3/b11-5+. The number of hydrogen-bond donors (Lipinski definition) is 2. The van der Waals surface area contributed by atoms with Crippen molar-refractivity contribution in [2.24, 2.45) is 5.73 Å². The lowest BCUT2D eigenvalue weighted by Crippen LogP contribution is -1.99. The fraction of sp³-hybridized carbons (Fsp3) is 0.143. The molecule has 20 heavy (non-hydrogen) atoms. The summed E-state index contributed by atoms with van der Waals surface area (Å²) in [5.41, 5.74) is 14.2. The number of aryl methyl sites for hydroxylation is 1. The maximum absolute atomic E-state index is 6.07. The van der Waals surface area contributed by atoms with Crippen LogP contribution in [0.3, 0.4) is 0 Å². The molecule has 2 rings (SSSR count). The molecular formula is C14H15ClN4O.